The van der Waals surface area contributed by atoms with Crippen LogP contribution in [0.3, 0.4) is 0 Å². The van der Waals surface area contributed by atoms with Crippen LogP contribution in [0, 0.1) is 11.3 Å². The van der Waals surface area contributed by atoms with Gasteiger partial charge in [-0.1, -0.05) is 11.6 Å². The fourth-order valence-electron chi connectivity index (χ4n) is 1.28. The van der Waals surface area contributed by atoms with Crippen LogP contribution in [0.25, 0.3) is 0 Å². The van der Waals surface area contributed by atoms with Gasteiger partial charge in [-0.15, -0.1) is 0 Å². The number of rotatable bonds is 2. The highest BCUT2D eigenvalue weighted by Crippen LogP contribution is 2.30. The number of pyridine rings is 1. The first kappa shape index (κ1) is 11.2. The molecular weight excluding hydrogens is 238 g/mol. The quantitative estimate of drug-likeness (QED) is 0.826. The number of nitrogens with zero attached hydrogens (tertiary/aromatic N) is 2. The van der Waals surface area contributed by atoms with Gasteiger partial charge in [0.2, 0.25) is 0 Å². The molecule has 0 fully saturated rings. The summed E-state index contributed by atoms with van der Waals surface area (Å²) >= 11 is 5.78. The summed E-state index contributed by atoms with van der Waals surface area (Å²) in [7, 11) is 0. The Morgan fingerprint density at radius 3 is 2.82 bits per heavy atom. The Kier molecular flexibility index (Phi) is 3.12. The van der Waals surface area contributed by atoms with Crippen molar-refractivity contribution in [1.82, 2.24) is 4.98 Å². The van der Waals surface area contributed by atoms with Crippen LogP contribution in [0.1, 0.15) is 5.56 Å². The van der Waals surface area contributed by atoms with Crippen LogP contribution in [0.15, 0.2) is 36.7 Å². The second-order valence-electron chi connectivity index (χ2n) is 3.27. The summed E-state index contributed by atoms with van der Waals surface area (Å²) in [5.74, 6) is 0.808. The predicted octanol–water partition coefficient (Wildman–Crippen LogP) is 2.98. The molecule has 84 valence electrons. The number of hydrogen-bond donors (Lipinski definition) is 1. The Bertz CT molecular complexity index is 593. The van der Waals surface area contributed by atoms with Gasteiger partial charge in [0.05, 0.1) is 17.4 Å². The van der Waals surface area contributed by atoms with Gasteiger partial charge in [0.25, 0.3) is 0 Å². The minimum absolute atomic E-state index is 0.365. The molecular formula is C12H8ClN3O. The van der Waals surface area contributed by atoms with Gasteiger partial charge in [-0.2, -0.15) is 5.26 Å². The first-order valence-corrected chi connectivity index (χ1v) is 5.15. The molecule has 0 atom stereocenters. The van der Waals surface area contributed by atoms with E-state index < -0.39 is 0 Å². The summed E-state index contributed by atoms with van der Waals surface area (Å²) in [5, 5.41) is 9.43. The number of ether oxygens (including phenoxy) is 1. The van der Waals surface area contributed by atoms with E-state index in [1.165, 1.54) is 12.4 Å². The second kappa shape index (κ2) is 4.73. The van der Waals surface area contributed by atoms with E-state index in [1.807, 2.05) is 6.07 Å². The van der Waals surface area contributed by atoms with E-state index in [2.05, 4.69) is 4.98 Å². The van der Waals surface area contributed by atoms with Crippen LogP contribution < -0.4 is 10.5 Å². The van der Waals surface area contributed by atoms with Crippen molar-refractivity contribution < 1.29 is 4.74 Å². The second-order valence-corrected chi connectivity index (χ2v) is 3.70. The van der Waals surface area contributed by atoms with Gasteiger partial charge in [0.1, 0.15) is 6.07 Å². The molecule has 5 heteroatoms. The van der Waals surface area contributed by atoms with Crippen LogP contribution in [-0.4, -0.2) is 4.98 Å². The number of nitriles is 1. The van der Waals surface area contributed by atoms with Gasteiger partial charge in [-0.05, 0) is 24.3 Å². The van der Waals surface area contributed by atoms with Crippen molar-refractivity contribution in [2.75, 3.05) is 5.73 Å². The third-order valence-electron chi connectivity index (χ3n) is 2.10. The molecule has 17 heavy (non-hydrogen) atoms. The number of anilines is 1. The Hall–Kier alpha value is -2.25. The van der Waals surface area contributed by atoms with E-state index in [0.717, 1.165) is 0 Å². The summed E-state index contributed by atoms with van der Waals surface area (Å²) in [4.78, 5) is 3.89. The van der Waals surface area contributed by atoms with E-state index in [0.29, 0.717) is 27.8 Å². The number of benzene rings is 1. The molecule has 0 saturated heterocycles. The maximum Gasteiger partial charge on any atom is 0.163 e. The molecule has 4 nitrogen and oxygen atoms in total. The van der Waals surface area contributed by atoms with Crippen LogP contribution in [0.4, 0.5) is 5.69 Å². The van der Waals surface area contributed by atoms with Gasteiger partial charge in [0, 0.05) is 11.2 Å². The lowest BCUT2D eigenvalue weighted by molar-refractivity contribution is 0.481. The van der Waals surface area contributed by atoms with Crippen LogP contribution in [0.2, 0.25) is 5.02 Å². The highest BCUT2D eigenvalue weighted by molar-refractivity contribution is 6.30. The third-order valence-corrected chi connectivity index (χ3v) is 2.33. The van der Waals surface area contributed by atoms with Crippen molar-refractivity contribution >= 4 is 17.3 Å². The molecule has 0 aliphatic heterocycles. The first-order chi connectivity index (χ1) is 8.20. The summed E-state index contributed by atoms with van der Waals surface area (Å²) in [6, 6.07) is 8.48. The number of nitrogen functional groups attached to an aromatic ring is 1. The number of halogens is 1. The molecule has 0 unspecified atom stereocenters. The highest BCUT2D eigenvalue weighted by Gasteiger charge is 2.07. The van der Waals surface area contributed by atoms with Crippen molar-refractivity contribution in [2.24, 2.45) is 0 Å². The summed E-state index contributed by atoms with van der Waals surface area (Å²) < 4.78 is 5.52. The van der Waals surface area contributed by atoms with Gasteiger partial charge in [0.15, 0.2) is 11.5 Å². The first-order valence-electron chi connectivity index (χ1n) is 4.77. The van der Waals surface area contributed by atoms with Crippen LogP contribution in [0.5, 0.6) is 11.5 Å². The number of nitrogens with two attached hydrogens (primary N) is 1. The molecule has 0 radical (unpaired) electrons. The van der Waals surface area contributed by atoms with Crippen molar-refractivity contribution in [3.05, 3.63) is 47.2 Å². The average molecular weight is 246 g/mol. The minimum atomic E-state index is 0.365. The van der Waals surface area contributed by atoms with Gasteiger partial charge >= 0.3 is 0 Å². The molecule has 0 bridgehead atoms. The molecule has 0 aliphatic rings. The van der Waals surface area contributed by atoms with Crippen molar-refractivity contribution in [1.29, 1.82) is 5.26 Å². The molecule has 1 aromatic heterocycles. The summed E-state index contributed by atoms with van der Waals surface area (Å²) in [6.45, 7) is 0. The normalized spacial score (nSPS) is 9.65. The SMILES string of the molecule is N#Cc1ccncc1Oc1ccc(Cl)cc1N. The molecule has 2 rings (SSSR count). The van der Waals surface area contributed by atoms with Crippen molar-refractivity contribution in [2.45, 2.75) is 0 Å². The lowest BCUT2D eigenvalue weighted by atomic mass is 10.2. The van der Waals surface area contributed by atoms with Crippen LogP contribution in [-0.2, 0) is 0 Å². The fraction of sp³-hybridized carbons (Fsp3) is 0. The molecule has 0 aliphatic carbocycles. The van der Waals surface area contributed by atoms with Gasteiger partial charge in [-0.3, -0.25) is 4.98 Å². The van der Waals surface area contributed by atoms with E-state index in [9.17, 15) is 0 Å². The standard InChI is InChI=1S/C12H8ClN3O/c13-9-1-2-11(10(15)5-9)17-12-7-16-4-3-8(12)6-14/h1-5,7H,15H2. The maximum atomic E-state index is 8.90. The molecule has 0 saturated carbocycles. The van der Waals surface area contributed by atoms with E-state index in [1.54, 1.807) is 24.3 Å². The smallest absolute Gasteiger partial charge is 0.163 e. The minimum Gasteiger partial charge on any atom is -0.452 e. The highest BCUT2D eigenvalue weighted by atomic mass is 35.5. The Morgan fingerprint density at radius 1 is 1.29 bits per heavy atom. The average Bonchev–Trinajstić information content (AvgIpc) is 2.33. The number of hydrogen-bond acceptors (Lipinski definition) is 4. The third kappa shape index (κ3) is 2.47. The van der Waals surface area contributed by atoms with E-state index in [-0.39, 0.29) is 0 Å². The zero-order valence-electron chi connectivity index (χ0n) is 8.72. The fourth-order valence-corrected chi connectivity index (χ4v) is 1.46. The summed E-state index contributed by atoms with van der Waals surface area (Å²) in [5.41, 5.74) is 6.55. The number of aromatic nitrogens is 1. The predicted molar refractivity (Wildman–Crippen MR) is 64.9 cm³/mol. The molecule has 1 aromatic carbocycles. The van der Waals surface area contributed by atoms with Crippen molar-refractivity contribution in [3.8, 4) is 17.6 Å². The molecule has 2 aromatic rings. The zero-order valence-corrected chi connectivity index (χ0v) is 9.48. The van der Waals surface area contributed by atoms with Gasteiger partial charge in [-0.25, -0.2) is 0 Å². The summed E-state index contributed by atoms with van der Waals surface area (Å²) in [6.07, 6.45) is 2.99. The lowest BCUT2D eigenvalue weighted by Crippen LogP contribution is -1.94. The molecule has 0 spiro atoms. The maximum absolute atomic E-state index is 8.90. The van der Waals surface area contributed by atoms with E-state index in [4.69, 9.17) is 27.3 Å². The monoisotopic (exact) mass is 245 g/mol. The molecule has 1 heterocycles. The van der Waals surface area contributed by atoms with Crippen LogP contribution >= 0.6 is 11.6 Å². The topological polar surface area (TPSA) is 71.9 Å². The Labute approximate surface area is 103 Å². The molecule has 0 amide bonds. The lowest BCUT2D eigenvalue weighted by Gasteiger charge is -2.09. The van der Waals surface area contributed by atoms with Gasteiger partial charge < -0.3 is 10.5 Å². The molecule has 2 N–H and O–H groups in total. The Balaban J connectivity index is 2.35. The van der Waals surface area contributed by atoms with E-state index >= 15 is 0 Å². The zero-order chi connectivity index (χ0) is 12.3. The largest absolute Gasteiger partial charge is 0.452 e. The van der Waals surface area contributed by atoms with Crippen molar-refractivity contribution in [3.63, 3.8) is 0 Å². The Morgan fingerprint density at radius 2 is 2.12 bits per heavy atom.